The van der Waals surface area contributed by atoms with Crippen molar-refractivity contribution < 1.29 is 37.6 Å². The lowest BCUT2D eigenvalue weighted by Crippen LogP contribution is -2.29. The van der Waals surface area contributed by atoms with Crippen LogP contribution in [0.3, 0.4) is 0 Å². The molecular formula is C53H97O8P. The lowest BCUT2D eigenvalue weighted by Gasteiger charge is -2.19. The van der Waals surface area contributed by atoms with Crippen molar-refractivity contribution in [2.45, 2.75) is 258 Å². The van der Waals surface area contributed by atoms with Crippen LogP contribution in [0.15, 0.2) is 48.6 Å². The van der Waals surface area contributed by atoms with Crippen LogP contribution in [0.1, 0.15) is 251 Å². The van der Waals surface area contributed by atoms with Crippen LogP contribution in [0, 0.1) is 0 Å². The van der Waals surface area contributed by atoms with Crippen LogP contribution in [-0.2, 0) is 32.7 Å². The highest BCUT2D eigenvalue weighted by atomic mass is 31.2. The third-order valence-electron chi connectivity index (χ3n) is 11.3. The van der Waals surface area contributed by atoms with Gasteiger partial charge in [0.1, 0.15) is 6.61 Å². The summed E-state index contributed by atoms with van der Waals surface area (Å²) in [5.41, 5.74) is 0. The first kappa shape index (κ1) is 60.0. The number of esters is 2. The van der Waals surface area contributed by atoms with Crippen LogP contribution < -0.4 is 0 Å². The van der Waals surface area contributed by atoms with Gasteiger partial charge in [0.25, 0.3) is 0 Å². The number of carbonyl (C=O) groups excluding carboxylic acids is 2. The fourth-order valence-corrected chi connectivity index (χ4v) is 7.88. The van der Waals surface area contributed by atoms with Crippen LogP contribution in [0.5, 0.6) is 0 Å². The molecule has 2 atom stereocenters. The standard InChI is InChI=1S/C53H97O8P/c1-4-6-8-10-12-14-16-18-20-22-24-26-28-29-31-33-35-37-39-41-43-45-47-52(54)59-49-51(50-60-62(56,57)58-3)61-53(55)48-46-44-42-40-38-36-34-32-30-27-25-23-21-19-17-15-13-11-9-7-5-2/h7,9,13,15,19,21,25,27,51H,4-6,8,10-12,14,16-18,20,22-24,26,28-50H2,1-3H3,(H,56,57)/b9-7-,15-13-,21-19-,27-25-. The van der Waals surface area contributed by atoms with Crippen molar-refractivity contribution in [3.63, 3.8) is 0 Å². The molecule has 0 aliphatic rings. The normalized spacial score (nSPS) is 13.5. The molecule has 2 unspecified atom stereocenters. The van der Waals surface area contributed by atoms with Gasteiger partial charge in [0.15, 0.2) is 6.10 Å². The van der Waals surface area contributed by atoms with Crippen molar-refractivity contribution in [3.05, 3.63) is 48.6 Å². The maximum atomic E-state index is 12.6. The second-order valence-electron chi connectivity index (χ2n) is 17.3. The molecule has 0 fully saturated rings. The van der Waals surface area contributed by atoms with E-state index in [1.54, 1.807) is 0 Å². The Hall–Kier alpha value is -1.99. The smallest absolute Gasteiger partial charge is 0.462 e. The van der Waals surface area contributed by atoms with E-state index in [0.29, 0.717) is 12.8 Å². The zero-order chi connectivity index (χ0) is 45.3. The van der Waals surface area contributed by atoms with E-state index in [1.165, 1.54) is 148 Å². The van der Waals surface area contributed by atoms with E-state index in [2.05, 4.69) is 67.0 Å². The summed E-state index contributed by atoms with van der Waals surface area (Å²) >= 11 is 0. The SMILES string of the molecule is CC/C=C\C/C=C\C/C=C\C/C=C\CCCCCCCCCCC(=O)OC(COC(=O)CCCCCCCCCCCCCCCCCCCCCCCC)COP(=O)(O)OC. The van der Waals surface area contributed by atoms with Crippen molar-refractivity contribution in [2.75, 3.05) is 20.3 Å². The molecule has 62 heavy (non-hydrogen) atoms. The molecule has 9 heteroatoms. The molecule has 0 aliphatic heterocycles. The summed E-state index contributed by atoms with van der Waals surface area (Å²) in [5.74, 6) is -0.803. The number of phosphoric ester groups is 1. The lowest BCUT2D eigenvalue weighted by atomic mass is 10.0. The second-order valence-corrected chi connectivity index (χ2v) is 18.8. The van der Waals surface area contributed by atoms with Crippen LogP contribution in [-0.4, -0.2) is 43.3 Å². The maximum Gasteiger partial charge on any atom is 0.472 e. The van der Waals surface area contributed by atoms with E-state index >= 15 is 0 Å². The van der Waals surface area contributed by atoms with Crippen molar-refractivity contribution in [3.8, 4) is 0 Å². The minimum Gasteiger partial charge on any atom is -0.462 e. The molecule has 0 rings (SSSR count). The van der Waals surface area contributed by atoms with Gasteiger partial charge >= 0.3 is 19.8 Å². The van der Waals surface area contributed by atoms with E-state index < -0.39 is 26.5 Å². The Bertz CT molecular complexity index is 1150. The molecule has 0 aromatic rings. The van der Waals surface area contributed by atoms with E-state index in [-0.39, 0.29) is 19.0 Å². The predicted molar refractivity (Wildman–Crippen MR) is 262 cm³/mol. The molecule has 0 radical (unpaired) electrons. The molecule has 1 N–H and O–H groups in total. The first-order valence-corrected chi connectivity index (χ1v) is 27.3. The van der Waals surface area contributed by atoms with Crippen molar-refractivity contribution in [2.24, 2.45) is 0 Å². The first-order chi connectivity index (χ1) is 30.3. The zero-order valence-electron chi connectivity index (χ0n) is 40.5. The predicted octanol–water partition coefficient (Wildman–Crippen LogP) is 16.9. The molecule has 0 heterocycles. The van der Waals surface area contributed by atoms with Gasteiger partial charge in [-0.15, -0.1) is 0 Å². The molecular weight excluding hydrogens is 796 g/mol. The highest BCUT2D eigenvalue weighted by Crippen LogP contribution is 2.42. The van der Waals surface area contributed by atoms with Gasteiger partial charge in [0.05, 0.1) is 6.61 Å². The van der Waals surface area contributed by atoms with Crippen LogP contribution in [0.4, 0.5) is 0 Å². The van der Waals surface area contributed by atoms with E-state index in [0.717, 1.165) is 77.7 Å². The van der Waals surface area contributed by atoms with Crippen LogP contribution in [0.25, 0.3) is 0 Å². The molecule has 0 amide bonds. The Morgan fingerprint density at radius 3 is 1.23 bits per heavy atom. The Kier molecular flexibility index (Phi) is 46.9. The highest BCUT2D eigenvalue weighted by molar-refractivity contribution is 7.47. The van der Waals surface area contributed by atoms with Crippen LogP contribution >= 0.6 is 7.82 Å². The number of unbranched alkanes of at least 4 members (excludes halogenated alkanes) is 29. The lowest BCUT2D eigenvalue weighted by molar-refractivity contribution is -0.161. The number of phosphoric acid groups is 1. The number of hydrogen-bond acceptors (Lipinski definition) is 7. The number of hydrogen-bond donors (Lipinski definition) is 1. The van der Waals surface area contributed by atoms with Crippen molar-refractivity contribution >= 4 is 19.8 Å². The molecule has 0 spiro atoms. The van der Waals surface area contributed by atoms with Gasteiger partial charge in [-0.3, -0.25) is 18.6 Å². The fraction of sp³-hybridized carbons (Fsp3) is 0.811. The Balaban J connectivity index is 3.89. The topological polar surface area (TPSA) is 108 Å². The second kappa shape index (κ2) is 48.5. The highest BCUT2D eigenvalue weighted by Gasteiger charge is 2.24. The molecule has 0 aliphatic carbocycles. The van der Waals surface area contributed by atoms with Crippen LogP contribution in [0.2, 0.25) is 0 Å². The van der Waals surface area contributed by atoms with E-state index in [4.69, 9.17) is 14.0 Å². The monoisotopic (exact) mass is 893 g/mol. The third-order valence-corrected chi connectivity index (χ3v) is 12.3. The summed E-state index contributed by atoms with van der Waals surface area (Å²) < 4.78 is 32.2. The first-order valence-electron chi connectivity index (χ1n) is 25.8. The summed E-state index contributed by atoms with van der Waals surface area (Å²) in [5, 5.41) is 0. The summed E-state index contributed by atoms with van der Waals surface area (Å²) in [7, 11) is -3.20. The molecule has 0 saturated carbocycles. The summed E-state index contributed by atoms with van der Waals surface area (Å²) in [4.78, 5) is 34.7. The van der Waals surface area contributed by atoms with E-state index in [9.17, 15) is 19.0 Å². The molecule has 8 nitrogen and oxygen atoms in total. The van der Waals surface area contributed by atoms with Crippen molar-refractivity contribution in [1.82, 2.24) is 0 Å². The molecule has 0 aromatic heterocycles. The van der Waals surface area contributed by atoms with Gasteiger partial charge in [-0.05, 0) is 51.4 Å². The van der Waals surface area contributed by atoms with Gasteiger partial charge in [-0.25, -0.2) is 4.57 Å². The maximum absolute atomic E-state index is 12.6. The van der Waals surface area contributed by atoms with Gasteiger partial charge < -0.3 is 14.4 Å². The van der Waals surface area contributed by atoms with Gasteiger partial charge in [0, 0.05) is 20.0 Å². The number of allylic oxidation sites excluding steroid dienone is 8. The van der Waals surface area contributed by atoms with Crippen molar-refractivity contribution in [1.29, 1.82) is 0 Å². The average Bonchev–Trinajstić information content (AvgIpc) is 3.26. The number of carbonyl (C=O) groups is 2. The molecule has 0 aromatic carbocycles. The number of rotatable bonds is 48. The molecule has 362 valence electrons. The summed E-state index contributed by atoms with van der Waals surface area (Å²) in [6.45, 7) is 3.81. The Morgan fingerprint density at radius 2 is 0.823 bits per heavy atom. The summed E-state index contributed by atoms with van der Waals surface area (Å²) in [6, 6.07) is 0. The quantitative estimate of drug-likeness (QED) is 0.0278. The average molecular weight is 893 g/mol. The fourth-order valence-electron chi connectivity index (χ4n) is 7.42. The van der Waals surface area contributed by atoms with Gasteiger partial charge in [-0.2, -0.15) is 0 Å². The third kappa shape index (κ3) is 47.5. The largest absolute Gasteiger partial charge is 0.472 e. The van der Waals surface area contributed by atoms with E-state index in [1.807, 2.05) is 0 Å². The number of ether oxygens (including phenoxy) is 2. The van der Waals surface area contributed by atoms with Gasteiger partial charge in [-0.1, -0.05) is 236 Å². The molecule has 0 bridgehead atoms. The summed E-state index contributed by atoms with van der Waals surface area (Å²) in [6.07, 6.45) is 60.3. The minimum atomic E-state index is -4.27. The molecule has 0 saturated heterocycles. The van der Waals surface area contributed by atoms with Gasteiger partial charge in [0.2, 0.25) is 0 Å². The minimum absolute atomic E-state index is 0.226. The zero-order valence-corrected chi connectivity index (χ0v) is 41.4. The Morgan fingerprint density at radius 1 is 0.468 bits per heavy atom. The Labute approximate surface area is 382 Å².